The maximum absolute atomic E-state index is 12.0. The van der Waals surface area contributed by atoms with Gasteiger partial charge in [-0.1, -0.05) is 167 Å². The fourth-order valence-electron chi connectivity index (χ4n) is 5.03. The summed E-state index contributed by atoms with van der Waals surface area (Å²) in [6.45, 7) is 5.12. The van der Waals surface area contributed by atoms with Gasteiger partial charge in [0.25, 0.3) is 0 Å². The quantitative estimate of drug-likeness (QED) is 0.0729. The van der Waals surface area contributed by atoms with Gasteiger partial charge in [-0.25, -0.2) is 0 Å². The Kier molecular flexibility index (Phi) is 30.7. The molecule has 0 spiro atoms. The summed E-state index contributed by atoms with van der Waals surface area (Å²) in [7, 11) is 0. The third-order valence-electron chi connectivity index (χ3n) is 7.60. The van der Waals surface area contributed by atoms with E-state index in [2.05, 4.69) is 25.2 Å². The molecule has 1 unspecified atom stereocenters. The van der Waals surface area contributed by atoms with E-state index in [0.29, 0.717) is 19.4 Å². The third-order valence-corrected chi connectivity index (χ3v) is 7.60. The van der Waals surface area contributed by atoms with Crippen LogP contribution in [-0.2, 0) is 4.79 Å². The van der Waals surface area contributed by atoms with Crippen molar-refractivity contribution < 1.29 is 9.90 Å². The maximum atomic E-state index is 12.0. The highest BCUT2D eigenvalue weighted by molar-refractivity contribution is 5.75. The van der Waals surface area contributed by atoms with Gasteiger partial charge in [0.05, 0.1) is 6.10 Å². The average Bonchev–Trinajstić information content (AvgIpc) is 2.89. The average molecular weight is 522 g/mol. The number of allylic oxidation sites excluding steroid dienone is 1. The molecule has 37 heavy (non-hydrogen) atoms. The van der Waals surface area contributed by atoms with E-state index < -0.39 is 6.10 Å². The lowest BCUT2D eigenvalue weighted by atomic mass is 10.0. The fourth-order valence-corrected chi connectivity index (χ4v) is 5.03. The molecular formula is C34H67NO2. The molecule has 0 aliphatic carbocycles. The minimum absolute atomic E-state index is 0.139. The molecule has 1 amide bonds. The number of aliphatic hydroxyl groups excluding tert-OH is 1. The van der Waals surface area contributed by atoms with E-state index >= 15 is 0 Å². The fraction of sp³-hybridized carbons (Fsp3) is 0.912. The second-order valence-electron chi connectivity index (χ2n) is 11.5. The monoisotopic (exact) mass is 522 g/mol. The highest BCUT2D eigenvalue weighted by Crippen LogP contribution is 2.14. The number of hydrogen-bond acceptors (Lipinski definition) is 2. The van der Waals surface area contributed by atoms with Crippen LogP contribution in [0.3, 0.4) is 0 Å². The summed E-state index contributed by atoms with van der Waals surface area (Å²) in [6.07, 6.45) is 38.2. The van der Waals surface area contributed by atoms with Crippen molar-refractivity contribution >= 4 is 5.91 Å². The summed E-state index contributed by atoms with van der Waals surface area (Å²) < 4.78 is 0. The number of carbonyl (C=O) groups is 1. The lowest BCUT2D eigenvalue weighted by molar-refractivity contribution is -0.121. The summed E-state index contributed by atoms with van der Waals surface area (Å²) >= 11 is 0. The van der Waals surface area contributed by atoms with Crippen LogP contribution in [0.15, 0.2) is 12.2 Å². The summed E-state index contributed by atoms with van der Waals surface area (Å²) in [5.41, 5.74) is 0. The van der Waals surface area contributed by atoms with Crippen LogP contribution < -0.4 is 5.32 Å². The number of hydrogen-bond donors (Lipinski definition) is 2. The molecule has 220 valence electrons. The number of unbranched alkanes of at least 4 members (excludes halogenated alkanes) is 23. The summed E-state index contributed by atoms with van der Waals surface area (Å²) in [5.74, 6) is 0.139. The van der Waals surface area contributed by atoms with Gasteiger partial charge in [-0.3, -0.25) is 4.79 Å². The Bertz CT molecular complexity index is 476. The molecule has 0 rings (SSSR count). The van der Waals surface area contributed by atoms with Crippen LogP contribution in [0.25, 0.3) is 0 Å². The standard InChI is InChI=1S/C34H67NO2/c1-3-5-7-9-11-13-15-17-19-21-23-25-27-29-33(36)31-32-35-34(37)30-28-26-24-22-20-18-16-14-12-10-8-6-4-2/h27,29,33,36H,3-26,28,30-32H2,1-2H3,(H,35,37). The second-order valence-corrected chi connectivity index (χ2v) is 11.5. The van der Waals surface area contributed by atoms with Crippen LogP contribution in [0.1, 0.15) is 187 Å². The molecule has 0 aromatic heterocycles. The van der Waals surface area contributed by atoms with Crippen LogP contribution in [0, 0.1) is 0 Å². The Labute approximate surface area is 233 Å². The second kappa shape index (κ2) is 31.4. The van der Waals surface area contributed by atoms with Gasteiger partial charge >= 0.3 is 0 Å². The predicted molar refractivity (Wildman–Crippen MR) is 164 cm³/mol. The normalized spacial score (nSPS) is 12.4. The smallest absolute Gasteiger partial charge is 0.219 e. The minimum Gasteiger partial charge on any atom is -0.389 e. The third kappa shape index (κ3) is 31.3. The van der Waals surface area contributed by atoms with E-state index in [1.54, 1.807) is 0 Å². The summed E-state index contributed by atoms with van der Waals surface area (Å²) in [5, 5.41) is 13.1. The SMILES string of the molecule is CCCCCCCCCCCCCC=CC(O)CCNC(=O)CCCCCCCCCCCCCCC. The lowest BCUT2D eigenvalue weighted by Crippen LogP contribution is -2.26. The predicted octanol–water partition coefficient (Wildman–Crippen LogP) is 10.6. The summed E-state index contributed by atoms with van der Waals surface area (Å²) in [6, 6.07) is 0. The molecule has 0 aliphatic rings. The Balaban J connectivity index is 3.34. The van der Waals surface area contributed by atoms with Crippen molar-refractivity contribution in [2.45, 2.75) is 193 Å². The van der Waals surface area contributed by atoms with Crippen LogP contribution in [-0.4, -0.2) is 23.7 Å². The van der Waals surface area contributed by atoms with Gasteiger partial charge in [-0.15, -0.1) is 0 Å². The number of amides is 1. The van der Waals surface area contributed by atoms with Gasteiger partial charge in [-0.2, -0.15) is 0 Å². The molecule has 0 saturated heterocycles. The van der Waals surface area contributed by atoms with Crippen molar-refractivity contribution in [1.82, 2.24) is 5.32 Å². The Morgan fingerprint density at radius 1 is 0.595 bits per heavy atom. The number of nitrogens with one attached hydrogen (secondary N) is 1. The Morgan fingerprint density at radius 2 is 0.973 bits per heavy atom. The van der Waals surface area contributed by atoms with Crippen molar-refractivity contribution in [1.29, 1.82) is 0 Å². The maximum Gasteiger partial charge on any atom is 0.219 e. The van der Waals surface area contributed by atoms with Crippen LogP contribution >= 0.6 is 0 Å². The number of rotatable bonds is 30. The number of carbonyl (C=O) groups excluding carboxylic acids is 1. The van der Waals surface area contributed by atoms with Gasteiger partial charge in [0.2, 0.25) is 5.91 Å². The van der Waals surface area contributed by atoms with Crippen molar-refractivity contribution in [3.63, 3.8) is 0 Å². The first-order valence-electron chi connectivity index (χ1n) is 16.8. The van der Waals surface area contributed by atoms with Crippen LogP contribution in [0.2, 0.25) is 0 Å². The highest BCUT2D eigenvalue weighted by Gasteiger charge is 2.03. The van der Waals surface area contributed by atoms with E-state index in [4.69, 9.17) is 0 Å². The Hall–Kier alpha value is -0.830. The Morgan fingerprint density at radius 3 is 1.41 bits per heavy atom. The molecule has 0 aromatic rings. The number of aliphatic hydroxyl groups is 1. The van der Waals surface area contributed by atoms with Gasteiger partial charge in [0.1, 0.15) is 0 Å². The molecule has 0 fully saturated rings. The molecule has 0 saturated carbocycles. The molecule has 3 heteroatoms. The van der Waals surface area contributed by atoms with Crippen LogP contribution in [0.5, 0.6) is 0 Å². The molecule has 3 nitrogen and oxygen atoms in total. The zero-order valence-electron chi connectivity index (χ0n) is 25.4. The lowest BCUT2D eigenvalue weighted by Gasteiger charge is -2.08. The van der Waals surface area contributed by atoms with Crippen LogP contribution in [0.4, 0.5) is 0 Å². The van der Waals surface area contributed by atoms with E-state index in [-0.39, 0.29) is 5.91 Å². The molecule has 1 atom stereocenters. The van der Waals surface area contributed by atoms with Crippen molar-refractivity contribution in [2.75, 3.05) is 6.54 Å². The molecule has 0 radical (unpaired) electrons. The topological polar surface area (TPSA) is 49.3 Å². The van der Waals surface area contributed by atoms with Gasteiger partial charge < -0.3 is 10.4 Å². The first kappa shape index (κ1) is 36.2. The molecule has 0 heterocycles. The van der Waals surface area contributed by atoms with E-state index in [1.807, 2.05) is 6.08 Å². The zero-order chi connectivity index (χ0) is 27.1. The first-order valence-corrected chi connectivity index (χ1v) is 16.8. The zero-order valence-corrected chi connectivity index (χ0v) is 25.4. The molecule has 0 bridgehead atoms. The highest BCUT2D eigenvalue weighted by atomic mass is 16.3. The first-order chi connectivity index (χ1) is 18.2. The van der Waals surface area contributed by atoms with Gasteiger partial charge in [0, 0.05) is 13.0 Å². The minimum atomic E-state index is -0.440. The van der Waals surface area contributed by atoms with Crippen molar-refractivity contribution in [3.05, 3.63) is 12.2 Å². The van der Waals surface area contributed by atoms with Crippen molar-refractivity contribution in [2.24, 2.45) is 0 Å². The van der Waals surface area contributed by atoms with E-state index in [9.17, 15) is 9.90 Å². The van der Waals surface area contributed by atoms with E-state index in [1.165, 1.54) is 141 Å². The van der Waals surface area contributed by atoms with Crippen molar-refractivity contribution in [3.8, 4) is 0 Å². The molecule has 2 N–H and O–H groups in total. The van der Waals surface area contributed by atoms with Gasteiger partial charge in [0.15, 0.2) is 0 Å². The van der Waals surface area contributed by atoms with Gasteiger partial charge in [-0.05, 0) is 25.7 Å². The molecule has 0 aromatic carbocycles. The molecule has 0 aliphatic heterocycles. The molecular weight excluding hydrogens is 454 g/mol. The summed E-state index contributed by atoms with van der Waals surface area (Å²) in [4.78, 5) is 12.0. The van der Waals surface area contributed by atoms with E-state index in [0.717, 1.165) is 19.3 Å². The largest absolute Gasteiger partial charge is 0.389 e.